The van der Waals surface area contributed by atoms with Crippen LogP contribution in [0.15, 0.2) is 29.2 Å². The number of halogens is 1. The van der Waals surface area contributed by atoms with Gasteiger partial charge in [0.1, 0.15) is 0 Å². The van der Waals surface area contributed by atoms with Gasteiger partial charge in [0, 0.05) is 45.0 Å². The van der Waals surface area contributed by atoms with Gasteiger partial charge in [-0.1, -0.05) is 18.2 Å². The summed E-state index contributed by atoms with van der Waals surface area (Å²) in [5, 5.41) is 5.18. The molecule has 2 heterocycles. The molecule has 2 amide bonds. The second-order valence-electron chi connectivity index (χ2n) is 5.84. The highest BCUT2D eigenvalue weighted by Crippen LogP contribution is 2.30. The number of thioether (sulfide) groups is 1. The van der Waals surface area contributed by atoms with Crippen molar-refractivity contribution in [1.82, 2.24) is 15.5 Å². The molecule has 2 N–H and O–H groups in total. The molecule has 0 unspecified atom stereocenters. The maximum Gasteiger partial charge on any atom is 0.290 e. The summed E-state index contributed by atoms with van der Waals surface area (Å²) in [6.07, 6.45) is 1.81. The van der Waals surface area contributed by atoms with Gasteiger partial charge < -0.3 is 10.2 Å². The van der Waals surface area contributed by atoms with Crippen molar-refractivity contribution in [2.45, 2.75) is 0 Å². The van der Waals surface area contributed by atoms with E-state index in [0.29, 0.717) is 4.91 Å². The molecule has 6 nitrogen and oxygen atoms in total. The van der Waals surface area contributed by atoms with Gasteiger partial charge in [-0.15, -0.1) is 12.4 Å². The Hall–Kier alpha value is -1.54. The Balaban J connectivity index is 0.00000225. The van der Waals surface area contributed by atoms with Crippen molar-refractivity contribution < 1.29 is 9.59 Å². The van der Waals surface area contributed by atoms with Crippen molar-refractivity contribution in [3.63, 3.8) is 0 Å². The Bertz CT molecular complexity index is 660. The second kappa shape index (κ2) is 9.24. The number of benzene rings is 1. The molecular formula is C17H23ClN4O2S. The maximum absolute atomic E-state index is 11.8. The molecule has 0 bridgehead atoms. The lowest BCUT2D eigenvalue weighted by Gasteiger charge is -2.36. The van der Waals surface area contributed by atoms with Crippen molar-refractivity contribution in [3.05, 3.63) is 34.7 Å². The summed E-state index contributed by atoms with van der Waals surface area (Å²) in [4.78, 5) is 28.4. The summed E-state index contributed by atoms with van der Waals surface area (Å²) in [6, 6.07) is 8.04. The minimum atomic E-state index is -0.309. The normalized spacial score (nSPS) is 19.9. The second-order valence-corrected chi connectivity index (χ2v) is 6.86. The van der Waals surface area contributed by atoms with E-state index in [-0.39, 0.29) is 23.6 Å². The predicted molar refractivity (Wildman–Crippen MR) is 105 cm³/mol. The van der Waals surface area contributed by atoms with Crippen molar-refractivity contribution >= 4 is 47.1 Å². The number of nitrogens with one attached hydrogen (secondary N) is 2. The van der Waals surface area contributed by atoms with E-state index in [1.165, 1.54) is 0 Å². The fraction of sp³-hybridized carbons (Fsp3) is 0.412. The SMILES string of the molecule is CNCCN1CCN(c2ccccc2C=C2SC(=O)NC2=O)CC1.Cl. The van der Waals surface area contributed by atoms with Crippen molar-refractivity contribution in [2.75, 3.05) is 51.2 Å². The fourth-order valence-corrected chi connectivity index (χ4v) is 3.62. The number of nitrogens with zero attached hydrogens (tertiary/aromatic N) is 2. The largest absolute Gasteiger partial charge is 0.368 e. The van der Waals surface area contributed by atoms with Gasteiger partial charge in [-0.2, -0.15) is 0 Å². The number of anilines is 1. The molecule has 0 spiro atoms. The summed E-state index contributed by atoms with van der Waals surface area (Å²) >= 11 is 0.961. The molecule has 0 aromatic heterocycles. The van der Waals surface area contributed by atoms with E-state index in [2.05, 4.69) is 26.5 Å². The van der Waals surface area contributed by atoms with Gasteiger partial charge in [0.05, 0.1) is 4.91 Å². The number of carbonyl (C=O) groups is 2. The molecule has 0 radical (unpaired) electrons. The Kier molecular flexibility index (Phi) is 7.31. The zero-order valence-electron chi connectivity index (χ0n) is 14.2. The molecule has 136 valence electrons. The van der Waals surface area contributed by atoms with Crippen molar-refractivity contribution in [3.8, 4) is 0 Å². The molecule has 2 saturated heterocycles. The zero-order valence-corrected chi connectivity index (χ0v) is 15.8. The minimum absolute atomic E-state index is 0. The van der Waals surface area contributed by atoms with Crippen LogP contribution in [0.25, 0.3) is 6.08 Å². The van der Waals surface area contributed by atoms with Gasteiger partial charge in [0.2, 0.25) is 0 Å². The van der Waals surface area contributed by atoms with E-state index in [9.17, 15) is 9.59 Å². The number of carbonyl (C=O) groups excluding carboxylic acids is 2. The highest BCUT2D eigenvalue weighted by atomic mass is 35.5. The van der Waals surface area contributed by atoms with Crippen LogP contribution in [0.2, 0.25) is 0 Å². The smallest absolute Gasteiger partial charge is 0.290 e. The standard InChI is InChI=1S/C17H22N4O2S.ClH/c1-18-6-7-20-8-10-21(11-9-20)14-5-3-2-4-13(14)12-15-16(22)19-17(23)24-15;/h2-5,12,18H,6-11H2,1H3,(H,19,22,23);1H. The predicted octanol–water partition coefficient (Wildman–Crippen LogP) is 1.77. The van der Waals surface area contributed by atoms with Crippen LogP contribution in [0.3, 0.4) is 0 Å². The number of likely N-dealkylation sites (N-methyl/N-ethyl adjacent to an activating group) is 1. The van der Waals surface area contributed by atoms with Crippen LogP contribution in [0.4, 0.5) is 10.5 Å². The molecule has 0 saturated carbocycles. The number of piperazine rings is 1. The molecule has 1 aromatic rings. The molecule has 25 heavy (non-hydrogen) atoms. The van der Waals surface area contributed by atoms with Gasteiger partial charge in [0.15, 0.2) is 0 Å². The lowest BCUT2D eigenvalue weighted by atomic mass is 10.1. The molecule has 1 aromatic carbocycles. The van der Waals surface area contributed by atoms with Crippen LogP contribution in [0, 0.1) is 0 Å². The van der Waals surface area contributed by atoms with E-state index < -0.39 is 0 Å². The lowest BCUT2D eigenvalue weighted by Crippen LogP contribution is -2.48. The molecule has 8 heteroatoms. The topological polar surface area (TPSA) is 64.7 Å². The molecular weight excluding hydrogens is 360 g/mol. The summed E-state index contributed by atoms with van der Waals surface area (Å²) in [7, 11) is 1.97. The molecule has 0 atom stereocenters. The third-order valence-corrected chi connectivity index (χ3v) is 5.07. The Labute approximate surface area is 158 Å². The molecule has 2 aliphatic heterocycles. The Morgan fingerprint density at radius 2 is 1.92 bits per heavy atom. The highest BCUT2D eigenvalue weighted by molar-refractivity contribution is 8.18. The van der Waals surface area contributed by atoms with Crippen LogP contribution in [0.5, 0.6) is 0 Å². The summed E-state index contributed by atoms with van der Waals surface area (Å²) in [5.41, 5.74) is 2.10. The number of para-hydroxylation sites is 1. The van der Waals surface area contributed by atoms with Crippen molar-refractivity contribution in [2.24, 2.45) is 0 Å². The van der Waals surface area contributed by atoms with Crippen LogP contribution in [-0.2, 0) is 4.79 Å². The van der Waals surface area contributed by atoms with Gasteiger partial charge in [-0.05, 0) is 36.5 Å². The molecule has 0 aliphatic carbocycles. The quantitative estimate of drug-likeness (QED) is 0.757. The lowest BCUT2D eigenvalue weighted by molar-refractivity contribution is -0.115. The summed E-state index contributed by atoms with van der Waals surface area (Å²) < 4.78 is 0. The van der Waals surface area contributed by atoms with Crippen LogP contribution >= 0.6 is 24.2 Å². The van der Waals surface area contributed by atoms with Crippen molar-refractivity contribution in [1.29, 1.82) is 0 Å². The first-order valence-corrected chi connectivity index (χ1v) is 8.95. The molecule has 3 rings (SSSR count). The van der Waals surface area contributed by atoms with E-state index in [4.69, 9.17) is 0 Å². The Morgan fingerprint density at radius 1 is 1.20 bits per heavy atom. The van der Waals surface area contributed by atoms with E-state index in [0.717, 1.165) is 62.3 Å². The minimum Gasteiger partial charge on any atom is -0.368 e. The number of rotatable bonds is 5. The zero-order chi connectivity index (χ0) is 16.9. The summed E-state index contributed by atoms with van der Waals surface area (Å²) in [5.74, 6) is -0.309. The summed E-state index contributed by atoms with van der Waals surface area (Å²) in [6.45, 7) is 6.04. The van der Waals surface area contributed by atoms with Crippen LogP contribution in [-0.4, -0.2) is 62.4 Å². The Morgan fingerprint density at radius 3 is 2.56 bits per heavy atom. The first kappa shape index (κ1) is 19.8. The molecule has 2 fully saturated rings. The highest BCUT2D eigenvalue weighted by Gasteiger charge is 2.26. The maximum atomic E-state index is 11.8. The average molecular weight is 383 g/mol. The first-order valence-electron chi connectivity index (χ1n) is 8.13. The first-order chi connectivity index (χ1) is 11.7. The number of hydrogen-bond acceptors (Lipinski definition) is 6. The van der Waals surface area contributed by atoms with Gasteiger partial charge in [-0.25, -0.2) is 0 Å². The third kappa shape index (κ3) is 4.98. The monoisotopic (exact) mass is 382 g/mol. The fourth-order valence-electron chi connectivity index (χ4n) is 2.94. The number of amides is 2. The van der Waals surface area contributed by atoms with E-state index >= 15 is 0 Å². The van der Waals surface area contributed by atoms with Crippen LogP contribution in [0.1, 0.15) is 5.56 Å². The van der Waals surface area contributed by atoms with E-state index in [1.807, 2.05) is 31.3 Å². The van der Waals surface area contributed by atoms with Gasteiger partial charge >= 0.3 is 0 Å². The number of imide groups is 1. The van der Waals surface area contributed by atoms with Crippen LogP contribution < -0.4 is 15.5 Å². The van der Waals surface area contributed by atoms with Gasteiger partial charge in [0.25, 0.3) is 11.1 Å². The number of hydrogen-bond donors (Lipinski definition) is 2. The molecule has 2 aliphatic rings. The van der Waals surface area contributed by atoms with Gasteiger partial charge in [-0.3, -0.25) is 19.8 Å². The van der Waals surface area contributed by atoms with E-state index in [1.54, 1.807) is 0 Å². The third-order valence-electron chi connectivity index (χ3n) is 4.26. The average Bonchev–Trinajstić information content (AvgIpc) is 2.91.